The van der Waals surface area contributed by atoms with Crippen LogP contribution in [0.5, 0.6) is 5.75 Å². The molecule has 31 heavy (non-hydrogen) atoms. The van der Waals surface area contributed by atoms with E-state index in [1.165, 1.54) is 19.3 Å². The first kappa shape index (κ1) is 22.4. The van der Waals surface area contributed by atoms with Gasteiger partial charge in [0.1, 0.15) is 5.75 Å². The molecular formula is C26H34ClNO3. The number of nitrogens with one attached hydrogen (secondary N) is 1. The fourth-order valence-electron chi connectivity index (χ4n) is 5.28. The van der Waals surface area contributed by atoms with E-state index in [2.05, 4.69) is 36.5 Å². The van der Waals surface area contributed by atoms with Crippen LogP contribution >= 0.6 is 11.6 Å². The summed E-state index contributed by atoms with van der Waals surface area (Å²) in [5.41, 5.74) is 0.905. The Morgan fingerprint density at radius 3 is 2.55 bits per heavy atom. The number of aliphatic carboxylic acids is 1. The van der Waals surface area contributed by atoms with Crippen LogP contribution in [0.4, 0.5) is 0 Å². The molecule has 0 aliphatic heterocycles. The molecule has 0 aromatic heterocycles. The molecule has 4 rings (SSSR count). The van der Waals surface area contributed by atoms with E-state index in [9.17, 15) is 9.90 Å². The second-order valence-corrected chi connectivity index (χ2v) is 10.4. The number of ether oxygens (including phenoxy) is 1. The lowest BCUT2D eigenvalue weighted by molar-refractivity contribution is -0.155. The predicted molar refractivity (Wildman–Crippen MR) is 126 cm³/mol. The van der Waals surface area contributed by atoms with Crippen molar-refractivity contribution in [3.63, 3.8) is 0 Å². The van der Waals surface area contributed by atoms with E-state index in [-0.39, 0.29) is 23.5 Å². The fraction of sp³-hybridized carbons (Fsp3) is 0.577. The molecule has 168 valence electrons. The lowest BCUT2D eigenvalue weighted by Crippen LogP contribution is -2.58. The van der Waals surface area contributed by atoms with Gasteiger partial charge >= 0.3 is 5.97 Å². The van der Waals surface area contributed by atoms with Gasteiger partial charge in [0.2, 0.25) is 0 Å². The largest absolute Gasteiger partial charge is 0.489 e. The Morgan fingerprint density at radius 2 is 1.90 bits per heavy atom. The van der Waals surface area contributed by atoms with Crippen molar-refractivity contribution >= 4 is 28.3 Å². The fourth-order valence-corrected chi connectivity index (χ4v) is 5.55. The Labute approximate surface area is 190 Å². The summed E-state index contributed by atoms with van der Waals surface area (Å²) in [4.78, 5) is 11.4. The Morgan fingerprint density at radius 1 is 1.19 bits per heavy atom. The van der Waals surface area contributed by atoms with Crippen LogP contribution in [0.15, 0.2) is 30.3 Å². The molecule has 2 fully saturated rings. The van der Waals surface area contributed by atoms with Crippen LogP contribution in [-0.4, -0.2) is 23.2 Å². The molecule has 4 nitrogen and oxygen atoms in total. The van der Waals surface area contributed by atoms with Crippen molar-refractivity contribution in [1.82, 2.24) is 5.32 Å². The van der Waals surface area contributed by atoms with Crippen molar-refractivity contribution in [2.45, 2.75) is 78.0 Å². The number of hydrogen-bond acceptors (Lipinski definition) is 3. The predicted octanol–water partition coefficient (Wildman–Crippen LogP) is 6.43. The van der Waals surface area contributed by atoms with E-state index in [1.54, 1.807) is 0 Å². The van der Waals surface area contributed by atoms with Crippen LogP contribution < -0.4 is 10.1 Å². The average Bonchev–Trinajstić information content (AvgIpc) is 2.75. The first-order chi connectivity index (χ1) is 14.8. The van der Waals surface area contributed by atoms with E-state index in [0.717, 1.165) is 40.8 Å². The first-order valence-electron chi connectivity index (χ1n) is 11.6. The van der Waals surface area contributed by atoms with Crippen LogP contribution in [0.3, 0.4) is 0 Å². The molecule has 2 aliphatic rings. The number of hydrogen-bond donors (Lipinski definition) is 2. The van der Waals surface area contributed by atoms with E-state index >= 15 is 0 Å². The Bertz CT molecular complexity index is 949. The monoisotopic (exact) mass is 443 g/mol. The Balaban J connectivity index is 1.43. The molecule has 0 radical (unpaired) electrons. The molecular weight excluding hydrogens is 410 g/mol. The smallest absolute Gasteiger partial charge is 0.307 e. The van der Waals surface area contributed by atoms with Crippen LogP contribution in [-0.2, 0) is 11.3 Å². The first-order valence-corrected chi connectivity index (χ1v) is 12.0. The highest BCUT2D eigenvalue weighted by Gasteiger charge is 2.51. The third-order valence-electron chi connectivity index (χ3n) is 7.77. The molecule has 0 heterocycles. The molecule has 0 bridgehead atoms. The average molecular weight is 444 g/mol. The standard InChI is InChI=1S/C26H34ClNO3/c1-4-16-6-10-19(11-7-16)31-22-12-9-18-8-5-17(13-20(18)24(22)27)15-28-23-14-21(25(29)30)26(23,2)3/h5,8-9,12-13,16,19,21,23,28H,4,6-7,10-11,14-15H2,1-3H3,(H,29,30)/t16?,19?,21-,23-/m0/s1. The molecule has 2 N–H and O–H groups in total. The van der Waals surface area contributed by atoms with Gasteiger partial charge in [-0.15, -0.1) is 0 Å². The van der Waals surface area contributed by atoms with Crippen LogP contribution in [0.25, 0.3) is 10.8 Å². The van der Waals surface area contributed by atoms with Crippen molar-refractivity contribution in [3.05, 3.63) is 40.9 Å². The molecule has 5 heteroatoms. The highest BCUT2D eigenvalue weighted by atomic mass is 35.5. The van der Waals surface area contributed by atoms with Gasteiger partial charge in [-0.25, -0.2) is 0 Å². The summed E-state index contributed by atoms with van der Waals surface area (Å²) in [5.74, 6) is 0.649. The molecule has 0 unspecified atom stereocenters. The number of carboxylic acids is 1. The minimum Gasteiger partial charge on any atom is -0.489 e. The van der Waals surface area contributed by atoms with Gasteiger partial charge in [-0.1, -0.05) is 57.0 Å². The van der Waals surface area contributed by atoms with Gasteiger partial charge in [-0.3, -0.25) is 4.79 Å². The zero-order chi connectivity index (χ0) is 22.2. The van der Waals surface area contributed by atoms with Gasteiger partial charge in [-0.05, 0) is 66.5 Å². The molecule has 2 atom stereocenters. The Hall–Kier alpha value is -1.78. The zero-order valence-corrected chi connectivity index (χ0v) is 19.5. The number of carboxylic acid groups (broad SMARTS) is 1. The van der Waals surface area contributed by atoms with Crippen LogP contribution in [0, 0.1) is 17.3 Å². The third kappa shape index (κ3) is 4.56. The van der Waals surface area contributed by atoms with Crippen molar-refractivity contribution < 1.29 is 14.6 Å². The molecule has 0 amide bonds. The Kier molecular flexibility index (Phi) is 6.50. The topological polar surface area (TPSA) is 58.6 Å². The summed E-state index contributed by atoms with van der Waals surface area (Å²) < 4.78 is 6.31. The number of halogens is 1. The van der Waals surface area contributed by atoms with E-state index < -0.39 is 5.97 Å². The van der Waals surface area contributed by atoms with Crippen LogP contribution in [0.1, 0.15) is 64.9 Å². The number of carbonyl (C=O) groups is 1. The maximum absolute atomic E-state index is 11.4. The maximum Gasteiger partial charge on any atom is 0.307 e. The van der Waals surface area contributed by atoms with Crippen molar-refractivity contribution in [2.24, 2.45) is 17.3 Å². The zero-order valence-electron chi connectivity index (χ0n) is 18.8. The van der Waals surface area contributed by atoms with E-state index in [1.807, 2.05) is 19.9 Å². The van der Waals surface area contributed by atoms with Crippen molar-refractivity contribution in [2.75, 3.05) is 0 Å². The summed E-state index contributed by atoms with van der Waals surface area (Å²) in [5, 5.41) is 15.7. The molecule has 0 saturated heterocycles. The lowest BCUT2D eigenvalue weighted by atomic mass is 9.58. The number of fused-ring (bicyclic) bond motifs is 1. The summed E-state index contributed by atoms with van der Waals surface area (Å²) in [6.45, 7) is 7.03. The van der Waals surface area contributed by atoms with Gasteiger partial charge in [0.25, 0.3) is 0 Å². The van der Waals surface area contributed by atoms with Gasteiger partial charge in [0, 0.05) is 18.0 Å². The number of benzene rings is 2. The normalized spacial score (nSPS) is 27.6. The maximum atomic E-state index is 11.4. The quantitative estimate of drug-likeness (QED) is 0.517. The summed E-state index contributed by atoms with van der Waals surface area (Å²) in [6.07, 6.45) is 6.87. The third-order valence-corrected chi connectivity index (χ3v) is 8.16. The SMILES string of the molecule is CCC1CCC(Oc2ccc3ccc(CN[C@H]4C[C@@H](C(=O)O)C4(C)C)cc3c2Cl)CC1. The second-order valence-electron chi connectivity index (χ2n) is 9.98. The summed E-state index contributed by atoms with van der Waals surface area (Å²) in [6, 6.07) is 10.6. The van der Waals surface area contributed by atoms with Gasteiger partial charge in [-0.2, -0.15) is 0 Å². The number of rotatable bonds is 7. The summed E-state index contributed by atoms with van der Waals surface area (Å²) >= 11 is 6.78. The van der Waals surface area contributed by atoms with Crippen LogP contribution in [0.2, 0.25) is 5.02 Å². The minimum atomic E-state index is -0.698. The molecule has 2 saturated carbocycles. The minimum absolute atomic E-state index is 0.202. The van der Waals surface area contributed by atoms with Gasteiger partial charge < -0.3 is 15.2 Å². The highest BCUT2D eigenvalue weighted by Crippen LogP contribution is 2.46. The van der Waals surface area contributed by atoms with E-state index in [4.69, 9.17) is 16.3 Å². The van der Waals surface area contributed by atoms with Crippen molar-refractivity contribution in [3.8, 4) is 5.75 Å². The molecule has 2 aromatic rings. The lowest BCUT2D eigenvalue weighted by Gasteiger charge is -2.50. The molecule has 2 aromatic carbocycles. The van der Waals surface area contributed by atoms with E-state index in [0.29, 0.717) is 18.0 Å². The summed E-state index contributed by atoms with van der Waals surface area (Å²) in [7, 11) is 0. The second kappa shape index (κ2) is 8.99. The van der Waals surface area contributed by atoms with Gasteiger partial charge in [0.15, 0.2) is 0 Å². The van der Waals surface area contributed by atoms with Crippen molar-refractivity contribution in [1.29, 1.82) is 0 Å². The molecule has 0 spiro atoms. The van der Waals surface area contributed by atoms with Gasteiger partial charge in [0.05, 0.1) is 17.0 Å². The highest BCUT2D eigenvalue weighted by molar-refractivity contribution is 6.37. The molecule has 2 aliphatic carbocycles.